The van der Waals surface area contributed by atoms with Gasteiger partial charge in [0.25, 0.3) is 0 Å². The van der Waals surface area contributed by atoms with E-state index in [-0.39, 0.29) is 5.82 Å². The molecule has 78 valence electrons. The molecule has 3 nitrogen and oxygen atoms in total. The Labute approximate surface area is 85.9 Å². The Kier molecular flexibility index (Phi) is 2.49. The van der Waals surface area contributed by atoms with E-state index in [1.165, 1.54) is 12.1 Å². The zero-order valence-electron chi connectivity index (χ0n) is 8.24. The SMILES string of the molecule is CCOC(=O)[C@@H]1C=c2cc(F)ccc2=N1. The molecule has 0 saturated carbocycles. The van der Waals surface area contributed by atoms with Crippen LogP contribution in [-0.4, -0.2) is 18.6 Å². The largest absolute Gasteiger partial charge is 0.464 e. The van der Waals surface area contributed by atoms with Crippen LogP contribution in [0.2, 0.25) is 0 Å². The molecule has 1 aliphatic heterocycles. The van der Waals surface area contributed by atoms with Gasteiger partial charge in [-0.15, -0.1) is 0 Å². The van der Waals surface area contributed by atoms with E-state index in [2.05, 4.69) is 4.99 Å². The maximum absolute atomic E-state index is 12.9. The highest BCUT2D eigenvalue weighted by molar-refractivity contribution is 5.83. The average molecular weight is 207 g/mol. The summed E-state index contributed by atoms with van der Waals surface area (Å²) in [6, 6.07) is 3.61. The van der Waals surface area contributed by atoms with Gasteiger partial charge in [-0.1, -0.05) is 0 Å². The lowest BCUT2D eigenvalue weighted by Crippen LogP contribution is -2.20. The molecule has 0 N–H and O–H groups in total. The predicted octanol–water partition coefficient (Wildman–Crippen LogP) is 0.171. The summed E-state index contributed by atoms with van der Waals surface area (Å²) in [4.78, 5) is 15.5. The lowest BCUT2D eigenvalue weighted by atomic mass is 10.2. The molecule has 0 spiro atoms. The molecule has 0 aliphatic carbocycles. The van der Waals surface area contributed by atoms with Gasteiger partial charge in [0.1, 0.15) is 5.82 Å². The van der Waals surface area contributed by atoms with Gasteiger partial charge in [0.2, 0.25) is 0 Å². The molecule has 1 heterocycles. The molecule has 1 atom stereocenters. The normalized spacial score (nSPS) is 17.6. The van der Waals surface area contributed by atoms with E-state index in [1.54, 1.807) is 19.1 Å². The molecule has 0 saturated heterocycles. The van der Waals surface area contributed by atoms with Crippen molar-refractivity contribution >= 4 is 12.0 Å². The van der Waals surface area contributed by atoms with E-state index in [1.807, 2.05) is 0 Å². The highest BCUT2D eigenvalue weighted by atomic mass is 19.1. The minimum Gasteiger partial charge on any atom is -0.464 e. The minimum absolute atomic E-state index is 0.323. The first-order valence-corrected chi connectivity index (χ1v) is 4.72. The van der Waals surface area contributed by atoms with Crippen molar-refractivity contribution in [2.45, 2.75) is 13.0 Å². The second kappa shape index (κ2) is 3.81. The molecule has 0 amide bonds. The number of carbonyl (C=O) groups is 1. The molecule has 1 aromatic carbocycles. The zero-order chi connectivity index (χ0) is 10.8. The lowest BCUT2D eigenvalue weighted by molar-refractivity contribution is -0.142. The summed E-state index contributed by atoms with van der Waals surface area (Å²) < 4.78 is 17.7. The summed E-state index contributed by atoms with van der Waals surface area (Å²) in [5, 5.41) is 1.28. The Balaban J connectivity index is 2.35. The van der Waals surface area contributed by atoms with Gasteiger partial charge in [0, 0.05) is 5.22 Å². The van der Waals surface area contributed by atoms with Crippen molar-refractivity contribution in [3.05, 3.63) is 34.6 Å². The Morgan fingerprint density at radius 3 is 3.13 bits per heavy atom. The van der Waals surface area contributed by atoms with Gasteiger partial charge >= 0.3 is 5.97 Å². The van der Waals surface area contributed by atoms with Crippen molar-refractivity contribution in [3.63, 3.8) is 0 Å². The maximum Gasteiger partial charge on any atom is 0.334 e. The van der Waals surface area contributed by atoms with Crippen molar-refractivity contribution in [1.82, 2.24) is 0 Å². The number of ether oxygens (including phenoxy) is 1. The topological polar surface area (TPSA) is 38.7 Å². The van der Waals surface area contributed by atoms with Crippen LogP contribution < -0.4 is 10.6 Å². The van der Waals surface area contributed by atoms with Crippen LogP contribution in [0.5, 0.6) is 0 Å². The Bertz CT molecular complexity index is 510. The van der Waals surface area contributed by atoms with Crippen LogP contribution in [-0.2, 0) is 9.53 Å². The van der Waals surface area contributed by atoms with Gasteiger partial charge in [0.15, 0.2) is 6.04 Å². The van der Waals surface area contributed by atoms with E-state index in [0.29, 0.717) is 17.2 Å². The summed E-state index contributed by atoms with van der Waals surface area (Å²) in [5.74, 6) is -0.723. The predicted molar refractivity (Wildman–Crippen MR) is 52.1 cm³/mol. The van der Waals surface area contributed by atoms with Gasteiger partial charge in [0.05, 0.1) is 12.0 Å². The zero-order valence-corrected chi connectivity index (χ0v) is 8.24. The Hall–Kier alpha value is -1.71. The Morgan fingerprint density at radius 2 is 2.40 bits per heavy atom. The van der Waals surface area contributed by atoms with E-state index >= 15 is 0 Å². The van der Waals surface area contributed by atoms with E-state index < -0.39 is 12.0 Å². The van der Waals surface area contributed by atoms with Gasteiger partial charge < -0.3 is 4.74 Å². The third kappa shape index (κ3) is 1.88. The molecule has 15 heavy (non-hydrogen) atoms. The molecular formula is C11H10FNO2. The van der Waals surface area contributed by atoms with Crippen LogP contribution in [0.1, 0.15) is 6.92 Å². The fraction of sp³-hybridized carbons (Fsp3) is 0.273. The molecule has 0 fully saturated rings. The second-order valence-electron chi connectivity index (χ2n) is 3.20. The quantitative estimate of drug-likeness (QED) is 0.648. The number of rotatable bonds is 2. The van der Waals surface area contributed by atoms with Crippen molar-refractivity contribution in [3.8, 4) is 0 Å². The number of benzene rings is 1. The molecule has 4 heteroatoms. The first-order chi connectivity index (χ1) is 7.20. The number of hydrogen-bond donors (Lipinski definition) is 0. The van der Waals surface area contributed by atoms with Gasteiger partial charge in [-0.05, 0) is 31.2 Å². The lowest BCUT2D eigenvalue weighted by Gasteiger charge is -2.02. The first-order valence-electron chi connectivity index (χ1n) is 4.72. The van der Waals surface area contributed by atoms with Crippen LogP contribution in [0, 0.1) is 5.82 Å². The number of carbonyl (C=O) groups excluding carboxylic acids is 1. The van der Waals surface area contributed by atoms with Gasteiger partial charge in [-0.2, -0.15) is 0 Å². The minimum atomic E-state index is -0.623. The number of fused-ring (bicyclic) bond motifs is 1. The monoisotopic (exact) mass is 207 g/mol. The van der Waals surface area contributed by atoms with E-state index in [0.717, 1.165) is 0 Å². The van der Waals surface area contributed by atoms with Crippen LogP contribution in [0.15, 0.2) is 23.2 Å². The van der Waals surface area contributed by atoms with Crippen molar-refractivity contribution < 1.29 is 13.9 Å². The number of esters is 1. The highest BCUT2D eigenvalue weighted by Crippen LogP contribution is 2.00. The van der Waals surface area contributed by atoms with E-state index in [4.69, 9.17) is 4.74 Å². The highest BCUT2D eigenvalue weighted by Gasteiger charge is 2.18. The molecular weight excluding hydrogens is 197 g/mol. The van der Waals surface area contributed by atoms with Crippen molar-refractivity contribution in [2.24, 2.45) is 4.99 Å². The van der Waals surface area contributed by atoms with Crippen LogP contribution in [0.3, 0.4) is 0 Å². The fourth-order valence-corrected chi connectivity index (χ4v) is 1.48. The fourth-order valence-electron chi connectivity index (χ4n) is 1.48. The summed E-state index contributed by atoms with van der Waals surface area (Å²) in [5.41, 5.74) is 0. The number of hydrogen-bond acceptors (Lipinski definition) is 3. The smallest absolute Gasteiger partial charge is 0.334 e. The van der Waals surface area contributed by atoms with E-state index in [9.17, 15) is 9.18 Å². The summed E-state index contributed by atoms with van der Waals surface area (Å²) in [6.45, 7) is 2.06. The molecule has 0 bridgehead atoms. The number of halogens is 1. The van der Waals surface area contributed by atoms with Crippen LogP contribution in [0.4, 0.5) is 4.39 Å². The first kappa shape index (κ1) is 9.83. The molecule has 0 aromatic heterocycles. The van der Waals surface area contributed by atoms with Crippen LogP contribution in [0.25, 0.3) is 6.08 Å². The molecule has 0 radical (unpaired) electrons. The Morgan fingerprint density at radius 1 is 1.60 bits per heavy atom. The molecule has 1 aromatic rings. The standard InChI is InChI=1S/C11H10FNO2/c1-2-15-11(14)10-6-7-5-8(12)3-4-9(7)13-10/h3-6,10H,2H2,1H3/t10-/m0/s1. The third-order valence-corrected chi connectivity index (χ3v) is 2.13. The summed E-state index contributed by atoms with van der Waals surface area (Å²) in [6.07, 6.45) is 1.61. The molecule has 1 aliphatic rings. The molecule has 2 rings (SSSR count). The van der Waals surface area contributed by atoms with Gasteiger partial charge in [-0.3, -0.25) is 4.99 Å². The van der Waals surface area contributed by atoms with Crippen LogP contribution >= 0.6 is 0 Å². The van der Waals surface area contributed by atoms with Crippen molar-refractivity contribution in [2.75, 3.05) is 6.61 Å². The van der Waals surface area contributed by atoms with Crippen molar-refractivity contribution in [1.29, 1.82) is 0 Å². The second-order valence-corrected chi connectivity index (χ2v) is 3.20. The average Bonchev–Trinajstić information content (AvgIpc) is 2.60. The third-order valence-electron chi connectivity index (χ3n) is 2.13. The number of nitrogens with zero attached hydrogens (tertiary/aromatic N) is 1. The summed E-state index contributed by atoms with van der Waals surface area (Å²) in [7, 11) is 0. The summed E-state index contributed by atoms with van der Waals surface area (Å²) >= 11 is 0. The van der Waals surface area contributed by atoms with Gasteiger partial charge in [-0.25, -0.2) is 9.18 Å². The molecule has 0 unspecified atom stereocenters. The maximum atomic E-state index is 12.9.